The fraction of sp³-hybridized carbons (Fsp3) is 0.333. The number of hydrogen-bond donors (Lipinski definition) is 2. The number of para-hydroxylation sites is 1. The van der Waals surface area contributed by atoms with Gasteiger partial charge in [0.25, 0.3) is 0 Å². The third-order valence-corrected chi connectivity index (χ3v) is 5.83. The normalized spacial score (nSPS) is 13.8. The number of aromatic nitrogens is 1. The van der Waals surface area contributed by atoms with Crippen molar-refractivity contribution >= 4 is 22.8 Å². The lowest BCUT2D eigenvalue weighted by Gasteiger charge is -2.34. The number of benzene rings is 2. The SMILES string of the molecule is COc1ccc(CNC(=O)N2CCN(C(=O)Cc3c[nH]c4ccccc34)CC2)cc1OC. The molecular weight excluding hydrogens is 408 g/mol. The first-order valence-electron chi connectivity index (χ1n) is 10.7. The van der Waals surface area contributed by atoms with Gasteiger partial charge in [-0.1, -0.05) is 24.3 Å². The number of ether oxygens (including phenoxy) is 2. The minimum Gasteiger partial charge on any atom is -0.493 e. The Morgan fingerprint density at radius 3 is 2.44 bits per heavy atom. The predicted octanol–water partition coefficient (Wildman–Crippen LogP) is 2.78. The van der Waals surface area contributed by atoms with Gasteiger partial charge in [-0.3, -0.25) is 4.79 Å². The molecule has 3 amide bonds. The number of carbonyl (C=O) groups excluding carboxylic acids is 2. The molecule has 1 aliphatic heterocycles. The molecule has 1 fully saturated rings. The van der Waals surface area contributed by atoms with E-state index in [9.17, 15) is 9.59 Å². The van der Waals surface area contributed by atoms with Crippen LogP contribution in [0, 0.1) is 0 Å². The van der Waals surface area contributed by atoms with Gasteiger partial charge in [0.1, 0.15) is 0 Å². The second-order valence-electron chi connectivity index (χ2n) is 7.75. The maximum atomic E-state index is 12.8. The number of aromatic amines is 1. The van der Waals surface area contributed by atoms with Gasteiger partial charge in [-0.2, -0.15) is 0 Å². The van der Waals surface area contributed by atoms with Crippen LogP contribution >= 0.6 is 0 Å². The lowest BCUT2D eigenvalue weighted by Crippen LogP contribution is -2.53. The van der Waals surface area contributed by atoms with Gasteiger partial charge in [-0.05, 0) is 29.3 Å². The first kappa shape index (κ1) is 21.5. The Balaban J connectivity index is 1.27. The van der Waals surface area contributed by atoms with Crippen LogP contribution in [0.2, 0.25) is 0 Å². The average molecular weight is 437 g/mol. The summed E-state index contributed by atoms with van der Waals surface area (Å²) in [4.78, 5) is 32.2. The van der Waals surface area contributed by atoms with Gasteiger partial charge in [0.15, 0.2) is 11.5 Å². The minimum absolute atomic E-state index is 0.0835. The van der Waals surface area contributed by atoms with Crippen LogP contribution in [0.15, 0.2) is 48.7 Å². The molecule has 0 aliphatic carbocycles. The van der Waals surface area contributed by atoms with Crippen molar-refractivity contribution in [2.45, 2.75) is 13.0 Å². The van der Waals surface area contributed by atoms with Gasteiger partial charge in [0.05, 0.1) is 20.6 Å². The Bertz CT molecular complexity index is 1100. The van der Waals surface area contributed by atoms with Crippen molar-refractivity contribution in [2.24, 2.45) is 0 Å². The highest BCUT2D eigenvalue weighted by molar-refractivity contribution is 5.89. The predicted molar refractivity (Wildman–Crippen MR) is 122 cm³/mol. The van der Waals surface area contributed by atoms with E-state index in [1.165, 1.54) is 0 Å². The lowest BCUT2D eigenvalue weighted by molar-refractivity contribution is -0.131. The number of hydrogen-bond acceptors (Lipinski definition) is 4. The van der Waals surface area contributed by atoms with E-state index < -0.39 is 0 Å². The molecule has 3 aromatic rings. The summed E-state index contributed by atoms with van der Waals surface area (Å²) < 4.78 is 10.5. The first-order chi connectivity index (χ1) is 15.6. The van der Waals surface area contributed by atoms with Crippen LogP contribution in [0.1, 0.15) is 11.1 Å². The zero-order valence-electron chi connectivity index (χ0n) is 18.4. The van der Waals surface area contributed by atoms with Crippen LogP contribution in [-0.2, 0) is 17.8 Å². The largest absolute Gasteiger partial charge is 0.493 e. The quantitative estimate of drug-likeness (QED) is 0.622. The number of urea groups is 1. The van der Waals surface area contributed by atoms with Crippen molar-refractivity contribution in [3.05, 3.63) is 59.8 Å². The molecule has 8 heteroatoms. The monoisotopic (exact) mass is 436 g/mol. The van der Waals surface area contributed by atoms with Crippen LogP contribution in [0.4, 0.5) is 4.79 Å². The summed E-state index contributed by atoms with van der Waals surface area (Å²) in [6, 6.07) is 13.4. The molecule has 0 spiro atoms. The van der Waals surface area contributed by atoms with Crippen LogP contribution in [0.5, 0.6) is 11.5 Å². The van der Waals surface area contributed by atoms with E-state index in [0.29, 0.717) is 50.6 Å². The van der Waals surface area contributed by atoms with Crippen LogP contribution in [-0.4, -0.2) is 67.1 Å². The topological polar surface area (TPSA) is 86.9 Å². The summed E-state index contributed by atoms with van der Waals surface area (Å²) in [5.41, 5.74) is 2.95. The molecule has 1 saturated heterocycles. The number of piperazine rings is 1. The minimum atomic E-state index is -0.136. The molecule has 2 N–H and O–H groups in total. The van der Waals surface area contributed by atoms with E-state index >= 15 is 0 Å². The van der Waals surface area contributed by atoms with Crippen molar-refractivity contribution in [2.75, 3.05) is 40.4 Å². The summed E-state index contributed by atoms with van der Waals surface area (Å²) >= 11 is 0. The van der Waals surface area contributed by atoms with Crippen LogP contribution < -0.4 is 14.8 Å². The summed E-state index contributed by atoms with van der Waals surface area (Å²) in [6.45, 7) is 2.48. The van der Waals surface area contributed by atoms with Crippen molar-refractivity contribution in [1.29, 1.82) is 0 Å². The number of fused-ring (bicyclic) bond motifs is 1. The maximum absolute atomic E-state index is 12.8. The molecule has 2 aromatic carbocycles. The second kappa shape index (κ2) is 9.64. The van der Waals surface area contributed by atoms with E-state index in [1.807, 2.05) is 53.6 Å². The van der Waals surface area contributed by atoms with Crippen LogP contribution in [0.25, 0.3) is 10.9 Å². The van der Waals surface area contributed by atoms with E-state index in [2.05, 4.69) is 10.3 Å². The smallest absolute Gasteiger partial charge is 0.317 e. The number of nitrogens with one attached hydrogen (secondary N) is 2. The summed E-state index contributed by atoms with van der Waals surface area (Å²) in [6.07, 6.45) is 2.26. The molecule has 0 bridgehead atoms. The molecule has 0 unspecified atom stereocenters. The molecule has 168 valence electrons. The standard InChI is InChI=1S/C24H28N4O4/c1-31-21-8-7-17(13-22(21)32-2)15-26-24(30)28-11-9-27(10-12-28)23(29)14-18-16-25-20-6-4-3-5-19(18)20/h3-8,13,16,25H,9-12,14-15H2,1-2H3,(H,26,30). The molecule has 2 heterocycles. The van der Waals surface area contributed by atoms with Gasteiger partial charge in [0.2, 0.25) is 5.91 Å². The molecular formula is C24H28N4O4. The third-order valence-electron chi connectivity index (χ3n) is 5.83. The zero-order valence-corrected chi connectivity index (χ0v) is 18.4. The van der Waals surface area contributed by atoms with Crippen molar-refractivity contribution < 1.29 is 19.1 Å². The molecule has 32 heavy (non-hydrogen) atoms. The molecule has 8 nitrogen and oxygen atoms in total. The number of amides is 3. The summed E-state index contributed by atoms with van der Waals surface area (Å²) in [5, 5.41) is 4.02. The molecule has 1 aliphatic rings. The van der Waals surface area contributed by atoms with E-state index in [1.54, 1.807) is 19.1 Å². The summed E-state index contributed by atoms with van der Waals surface area (Å²) in [7, 11) is 3.17. The average Bonchev–Trinajstić information content (AvgIpc) is 3.25. The number of rotatable bonds is 6. The van der Waals surface area contributed by atoms with Crippen LogP contribution in [0.3, 0.4) is 0 Å². The van der Waals surface area contributed by atoms with Gasteiger partial charge in [0, 0.05) is 49.8 Å². The van der Waals surface area contributed by atoms with Gasteiger partial charge in [-0.15, -0.1) is 0 Å². The van der Waals surface area contributed by atoms with E-state index in [-0.39, 0.29) is 11.9 Å². The summed E-state index contributed by atoms with van der Waals surface area (Å²) in [5.74, 6) is 1.36. The lowest BCUT2D eigenvalue weighted by atomic mass is 10.1. The van der Waals surface area contributed by atoms with Crippen molar-refractivity contribution in [1.82, 2.24) is 20.1 Å². The highest BCUT2D eigenvalue weighted by Crippen LogP contribution is 2.27. The molecule has 0 atom stereocenters. The highest BCUT2D eigenvalue weighted by Gasteiger charge is 2.24. The Morgan fingerprint density at radius 1 is 0.969 bits per heavy atom. The molecule has 4 rings (SSSR count). The number of nitrogens with zero attached hydrogens (tertiary/aromatic N) is 2. The Labute approximate surface area is 187 Å². The fourth-order valence-electron chi connectivity index (χ4n) is 3.99. The maximum Gasteiger partial charge on any atom is 0.317 e. The van der Waals surface area contributed by atoms with E-state index in [0.717, 1.165) is 22.0 Å². The molecule has 0 saturated carbocycles. The fourth-order valence-corrected chi connectivity index (χ4v) is 3.99. The zero-order chi connectivity index (χ0) is 22.5. The second-order valence-corrected chi connectivity index (χ2v) is 7.75. The van der Waals surface area contributed by atoms with E-state index in [4.69, 9.17) is 9.47 Å². The number of carbonyl (C=O) groups is 2. The third kappa shape index (κ3) is 4.64. The number of H-pyrrole nitrogens is 1. The van der Waals surface area contributed by atoms with Gasteiger partial charge >= 0.3 is 6.03 Å². The Hall–Kier alpha value is -3.68. The van der Waals surface area contributed by atoms with Crippen molar-refractivity contribution in [3.8, 4) is 11.5 Å². The molecule has 1 aromatic heterocycles. The Kier molecular flexibility index (Phi) is 6.49. The molecule has 0 radical (unpaired) electrons. The number of methoxy groups -OCH3 is 2. The van der Waals surface area contributed by atoms with Crippen molar-refractivity contribution in [3.63, 3.8) is 0 Å². The highest BCUT2D eigenvalue weighted by atomic mass is 16.5. The van der Waals surface area contributed by atoms with Gasteiger partial charge < -0.3 is 29.6 Å². The Morgan fingerprint density at radius 2 is 1.69 bits per heavy atom. The first-order valence-corrected chi connectivity index (χ1v) is 10.7. The van der Waals surface area contributed by atoms with Gasteiger partial charge in [-0.25, -0.2) is 4.79 Å².